The summed E-state index contributed by atoms with van der Waals surface area (Å²) in [6.45, 7) is 4.38. The Morgan fingerprint density at radius 1 is 1.50 bits per heavy atom. The molecule has 1 fully saturated rings. The Morgan fingerprint density at radius 3 is 2.75 bits per heavy atom. The predicted molar refractivity (Wildman–Crippen MR) is 78.9 cm³/mol. The van der Waals surface area contributed by atoms with E-state index in [0.717, 1.165) is 12.1 Å². The summed E-state index contributed by atoms with van der Waals surface area (Å²) in [5.74, 6) is -0.0868. The van der Waals surface area contributed by atoms with Crippen LogP contribution >= 0.6 is 0 Å². The highest BCUT2D eigenvalue weighted by atomic mass is 16.5. The van der Waals surface area contributed by atoms with Crippen LogP contribution in [0.5, 0.6) is 0 Å². The number of hydrogen-bond acceptors (Lipinski definition) is 4. The zero-order chi connectivity index (χ0) is 14.9. The van der Waals surface area contributed by atoms with Crippen molar-refractivity contribution in [2.45, 2.75) is 32.4 Å². The standard InChI is InChI=1S/C15H23N3O2/c1-15(2)12(9-13(15)20-5)17-10-6-7-16-11(8-10)14(19)18(3)4/h6-8,12-13H,9H2,1-5H3,(H,16,17). The highest BCUT2D eigenvalue weighted by molar-refractivity contribution is 5.92. The second kappa shape index (κ2) is 5.40. The highest BCUT2D eigenvalue weighted by Gasteiger charge is 2.48. The molecule has 5 heteroatoms. The number of aromatic nitrogens is 1. The van der Waals surface area contributed by atoms with Crippen LogP contribution in [0.15, 0.2) is 18.3 Å². The molecule has 1 aliphatic rings. The Labute approximate surface area is 120 Å². The molecule has 2 unspecified atom stereocenters. The molecular weight excluding hydrogens is 254 g/mol. The van der Waals surface area contributed by atoms with Gasteiger partial charge in [-0.25, -0.2) is 0 Å². The molecule has 110 valence electrons. The molecule has 1 N–H and O–H groups in total. The Morgan fingerprint density at radius 2 is 2.20 bits per heavy atom. The van der Waals surface area contributed by atoms with E-state index in [0.29, 0.717) is 11.7 Å². The van der Waals surface area contributed by atoms with E-state index in [-0.39, 0.29) is 17.4 Å². The summed E-state index contributed by atoms with van der Waals surface area (Å²) >= 11 is 0. The Bertz CT molecular complexity index is 500. The van der Waals surface area contributed by atoms with Gasteiger partial charge in [-0.05, 0) is 18.6 Å². The summed E-state index contributed by atoms with van der Waals surface area (Å²) in [5, 5.41) is 3.48. The van der Waals surface area contributed by atoms with E-state index in [2.05, 4.69) is 24.1 Å². The molecule has 1 aromatic rings. The number of amides is 1. The molecule has 5 nitrogen and oxygen atoms in total. The molecule has 20 heavy (non-hydrogen) atoms. The third kappa shape index (κ3) is 2.63. The van der Waals surface area contributed by atoms with Gasteiger partial charge in [-0.15, -0.1) is 0 Å². The molecule has 0 aliphatic heterocycles. The monoisotopic (exact) mass is 277 g/mol. The minimum absolute atomic E-state index is 0.0868. The molecule has 0 saturated heterocycles. The summed E-state index contributed by atoms with van der Waals surface area (Å²) in [6, 6.07) is 4.04. The average molecular weight is 277 g/mol. The zero-order valence-corrected chi connectivity index (χ0v) is 12.8. The van der Waals surface area contributed by atoms with Crippen LogP contribution in [0.25, 0.3) is 0 Å². The number of nitrogens with one attached hydrogen (secondary N) is 1. The number of methoxy groups -OCH3 is 1. The fraction of sp³-hybridized carbons (Fsp3) is 0.600. The maximum atomic E-state index is 11.9. The second-order valence-electron chi connectivity index (χ2n) is 6.11. The van der Waals surface area contributed by atoms with Crippen LogP contribution < -0.4 is 5.32 Å². The normalized spacial score (nSPS) is 23.9. The van der Waals surface area contributed by atoms with E-state index in [1.165, 1.54) is 4.90 Å². The number of carbonyl (C=O) groups is 1. The lowest BCUT2D eigenvalue weighted by molar-refractivity contribution is -0.0794. The van der Waals surface area contributed by atoms with Gasteiger partial charge in [0.2, 0.25) is 0 Å². The first-order valence-electron chi connectivity index (χ1n) is 6.83. The van der Waals surface area contributed by atoms with Gasteiger partial charge in [-0.3, -0.25) is 9.78 Å². The summed E-state index contributed by atoms with van der Waals surface area (Å²) in [6.07, 6.45) is 2.92. The first-order valence-corrected chi connectivity index (χ1v) is 6.83. The van der Waals surface area contributed by atoms with Gasteiger partial charge in [0.25, 0.3) is 5.91 Å². The Balaban J connectivity index is 2.08. The molecule has 1 aliphatic carbocycles. The van der Waals surface area contributed by atoms with Gasteiger partial charge in [0, 0.05) is 44.5 Å². The molecule has 0 spiro atoms. The van der Waals surface area contributed by atoms with Gasteiger partial charge in [0.1, 0.15) is 5.69 Å². The van der Waals surface area contributed by atoms with E-state index < -0.39 is 0 Å². The van der Waals surface area contributed by atoms with Crippen LogP contribution in [0.4, 0.5) is 5.69 Å². The van der Waals surface area contributed by atoms with Crippen LogP contribution in [0.3, 0.4) is 0 Å². The van der Waals surface area contributed by atoms with Gasteiger partial charge in [-0.2, -0.15) is 0 Å². The van der Waals surface area contributed by atoms with Crippen LogP contribution in [0, 0.1) is 5.41 Å². The lowest BCUT2D eigenvalue weighted by atomic mass is 9.64. The number of anilines is 1. The third-order valence-corrected chi connectivity index (χ3v) is 4.19. The van der Waals surface area contributed by atoms with Gasteiger partial charge < -0.3 is 15.0 Å². The van der Waals surface area contributed by atoms with Gasteiger partial charge in [0.05, 0.1) is 6.10 Å². The van der Waals surface area contributed by atoms with Crippen LogP contribution in [0.2, 0.25) is 0 Å². The van der Waals surface area contributed by atoms with Crippen molar-refractivity contribution in [3.63, 3.8) is 0 Å². The van der Waals surface area contributed by atoms with E-state index in [1.54, 1.807) is 33.5 Å². The minimum Gasteiger partial charge on any atom is -0.381 e. The van der Waals surface area contributed by atoms with Crippen molar-refractivity contribution in [2.24, 2.45) is 5.41 Å². The molecule has 0 aromatic carbocycles. The number of ether oxygens (including phenoxy) is 1. The molecule has 1 amide bonds. The molecule has 2 rings (SSSR count). The van der Waals surface area contributed by atoms with Crippen LogP contribution in [-0.4, -0.2) is 49.1 Å². The lowest BCUT2D eigenvalue weighted by Crippen LogP contribution is -2.57. The largest absolute Gasteiger partial charge is 0.381 e. The molecule has 0 bridgehead atoms. The van der Waals surface area contributed by atoms with Crippen LogP contribution in [0.1, 0.15) is 30.8 Å². The van der Waals surface area contributed by atoms with E-state index >= 15 is 0 Å². The third-order valence-electron chi connectivity index (χ3n) is 4.19. The fourth-order valence-electron chi connectivity index (χ4n) is 2.60. The van der Waals surface area contributed by atoms with E-state index in [4.69, 9.17) is 4.74 Å². The summed E-state index contributed by atoms with van der Waals surface area (Å²) in [4.78, 5) is 17.6. The molecular formula is C15H23N3O2. The van der Waals surface area contributed by atoms with Crippen molar-refractivity contribution < 1.29 is 9.53 Å². The quantitative estimate of drug-likeness (QED) is 0.914. The first kappa shape index (κ1) is 14.8. The number of pyridine rings is 1. The van der Waals surface area contributed by atoms with E-state index in [1.807, 2.05) is 6.07 Å². The summed E-state index contributed by atoms with van der Waals surface area (Å²) < 4.78 is 5.45. The maximum Gasteiger partial charge on any atom is 0.272 e. The maximum absolute atomic E-state index is 11.9. The van der Waals surface area contributed by atoms with Crippen molar-refractivity contribution in [3.05, 3.63) is 24.0 Å². The van der Waals surface area contributed by atoms with Gasteiger partial charge in [-0.1, -0.05) is 13.8 Å². The number of hydrogen-bond donors (Lipinski definition) is 1. The first-order chi connectivity index (χ1) is 9.36. The summed E-state index contributed by atoms with van der Waals surface area (Å²) in [5.41, 5.74) is 1.47. The Kier molecular flexibility index (Phi) is 3.99. The molecule has 1 saturated carbocycles. The van der Waals surface area contributed by atoms with Crippen molar-refractivity contribution >= 4 is 11.6 Å². The SMILES string of the molecule is COC1CC(Nc2ccnc(C(=O)N(C)C)c2)C1(C)C. The number of carbonyl (C=O) groups excluding carboxylic acids is 1. The van der Waals surface area contributed by atoms with Crippen molar-refractivity contribution in [2.75, 3.05) is 26.5 Å². The average Bonchev–Trinajstić information content (AvgIpc) is 2.42. The molecule has 2 atom stereocenters. The summed E-state index contributed by atoms with van der Waals surface area (Å²) in [7, 11) is 5.20. The fourth-order valence-corrected chi connectivity index (χ4v) is 2.60. The topological polar surface area (TPSA) is 54.5 Å². The number of nitrogens with zero attached hydrogens (tertiary/aromatic N) is 2. The smallest absolute Gasteiger partial charge is 0.272 e. The zero-order valence-electron chi connectivity index (χ0n) is 12.8. The van der Waals surface area contributed by atoms with Gasteiger partial charge in [0.15, 0.2) is 0 Å². The van der Waals surface area contributed by atoms with E-state index in [9.17, 15) is 4.79 Å². The Hall–Kier alpha value is -1.62. The number of rotatable bonds is 4. The molecule has 0 radical (unpaired) electrons. The van der Waals surface area contributed by atoms with Crippen molar-refractivity contribution in [3.8, 4) is 0 Å². The second-order valence-corrected chi connectivity index (χ2v) is 6.11. The van der Waals surface area contributed by atoms with Crippen molar-refractivity contribution in [1.29, 1.82) is 0 Å². The molecule has 1 aromatic heterocycles. The minimum atomic E-state index is -0.0868. The predicted octanol–water partition coefficient (Wildman–Crippen LogP) is 2.01. The lowest BCUT2D eigenvalue weighted by Gasteiger charge is -2.51. The van der Waals surface area contributed by atoms with Gasteiger partial charge >= 0.3 is 0 Å². The van der Waals surface area contributed by atoms with Crippen molar-refractivity contribution in [1.82, 2.24) is 9.88 Å². The molecule has 1 heterocycles. The highest BCUT2D eigenvalue weighted by Crippen LogP contribution is 2.43. The van der Waals surface area contributed by atoms with Crippen LogP contribution in [-0.2, 0) is 4.74 Å².